The second-order valence-electron chi connectivity index (χ2n) is 5.69. The molecule has 6 nitrogen and oxygen atoms in total. The normalized spacial score (nSPS) is 11.2. The van der Waals surface area contributed by atoms with E-state index in [9.17, 15) is 17.4 Å². The summed E-state index contributed by atoms with van der Waals surface area (Å²) in [6.45, 7) is 1.31. The van der Waals surface area contributed by atoms with Crippen molar-refractivity contribution < 1.29 is 21.9 Å². The van der Waals surface area contributed by atoms with E-state index in [1.54, 1.807) is 16.6 Å². The van der Waals surface area contributed by atoms with Gasteiger partial charge in [-0.2, -0.15) is 0 Å². The molecule has 0 N–H and O–H groups in total. The summed E-state index contributed by atoms with van der Waals surface area (Å²) in [5.41, 5.74) is 2.55. The molecule has 8 heteroatoms. The van der Waals surface area contributed by atoms with E-state index in [0.29, 0.717) is 0 Å². The van der Waals surface area contributed by atoms with Gasteiger partial charge in [0.1, 0.15) is 11.5 Å². The molecule has 2 aromatic heterocycles. The number of aromatic nitrogens is 3. The fourth-order valence-corrected chi connectivity index (χ4v) is 2.48. The molecule has 2 aromatic carbocycles. The summed E-state index contributed by atoms with van der Waals surface area (Å²) in [6.07, 6.45) is 3.49. The third-order valence-electron chi connectivity index (χ3n) is 3.87. The molecule has 0 saturated heterocycles. The average Bonchev–Trinajstić information content (AvgIpc) is 2.66. The summed E-state index contributed by atoms with van der Waals surface area (Å²) in [5.74, 6) is -0.567. The predicted molar refractivity (Wildman–Crippen MR) is 98.3 cm³/mol. The smallest absolute Gasteiger partial charge is 0.264 e. The van der Waals surface area contributed by atoms with Crippen molar-refractivity contribution in [2.45, 2.75) is 6.92 Å². The first kappa shape index (κ1) is 18.8. The monoisotopic (exact) mass is 385 g/mol. The minimum atomic E-state index is -3.91. The van der Waals surface area contributed by atoms with Crippen molar-refractivity contribution in [1.82, 2.24) is 10.1 Å². The van der Waals surface area contributed by atoms with Gasteiger partial charge in [0.05, 0.1) is 10.1 Å². The molecule has 4 aromatic rings. The summed E-state index contributed by atoms with van der Waals surface area (Å²) in [4.78, 5) is 4.36. The van der Waals surface area contributed by atoms with Crippen LogP contribution in [0.5, 0.6) is 0 Å². The molecule has 0 aliphatic heterocycles. The van der Waals surface area contributed by atoms with E-state index < -0.39 is 10.1 Å². The van der Waals surface area contributed by atoms with Crippen LogP contribution in [0.4, 0.5) is 4.39 Å². The Morgan fingerprint density at radius 2 is 1.70 bits per heavy atom. The number of pyridine rings is 1. The minimum absolute atomic E-state index is 0.254. The molecule has 138 valence electrons. The van der Waals surface area contributed by atoms with E-state index in [2.05, 4.69) is 16.1 Å². The summed E-state index contributed by atoms with van der Waals surface area (Å²) in [7, 11) is -3.91. The third kappa shape index (κ3) is 4.60. The molecule has 0 aliphatic carbocycles. The lowest BCUT2D eigenvalue weighted by atomic mass is 10.1. The topological polar surface area (TPSA) is 87.1 Å². The Kier molecular flexibility index (Phi) is 5.38. The van der Waals surface area contributed by atoms with Crippen LogP contribution in [0.3, 0.4) is 0 Å². The molecule has 0 saturated carbocycles. The highest BCUT2D eigenvalue weighted by atomic mass is 32.2. The average molecular weight is 385 g/mol. The van der Waals surface area contributed by atoms with Gasteiger partial charge in [-0.25, -0.2) is 17.8 Å². The number of nitrogens with zero attached hydrogens (tertiary/aromatic N) is 3. The maximum atomic E-state index is 13.1. The standard InChI is InChI=1S/C17H11FN3.C2H6O3S/c18-15-7-5-12(6-8-15)17-16-9-13-3-1-2-4-14(13)10-21(16)20-11-19-17;1-2-6(3,4)5/h1-11H;2H2,1H3,(H,3,4,5)/q+1;/p-1. The van der Waals surface area contributed by atoms with Gasteiger partial charge in [-0.05, 0) is 40.2 Å². The highest BCUT2D eigenvalue weighted by molar-refractivity contribution is 7.85. The van der Waals surface area contributed by atoms with Gasteiger partial charge < -0.3 is 4.55 Å². The van der Waals surface area contributed by atoms with Crippen LogP contribution in [0.2, 0.25) is 0 Å². The van der Waals surface area contributed by atoms with Crippen LogP contribution in [0, 0.1) is 5.82 Å². The van der Waals surface area contributed by atoms with Gasteiger partial charge in [0, 0.05) is 27.9 Å². The Balaban J connectivity index is 0.000000307. The zero-order chi connectivity index (χ0) is 19.4. The Morgan fingerprint density at radius 1 is 1.07 bits per heavy atom. The molecule has 2 heterocycles. The molecular formula is C19H16FN3O3S. The van der Waals surface area contributed by atoms with Gasteiger partial charge in [-0.1, -0.05) is 25.1 Å². The zero-order valence-electron chi connectivity index (χ0n) is 14.4. The Bertz CT molecular complexity index is 1200. The van der Waals surface area contributed by atoms with E-state index >= 15 is 0 Å². The number of hydrogen-bond acceptors (Lipinski definition) is 5. The van der Waals surface area contributed by atoms with Crippen LogP contribution in [0.15, 0.2) is 67.1 Å². The Labute approximate surface area is 155 Å². The van der Waals surface area contributed by atoms with Crippen LogP contribution in [-0.4, -0.2) is 28.8 Å². The van der Waals surface area contributed by atoms with Crippen LogP contribution in [0.25, 0.3) is 27.5 Å². The maximum Gasteiger partial charge on any atom is 0.264 e. The number of halogens is 1. The summed E-state index contributed by atoms with van der Waals surface area (Å²) in [5, 5.41) is 6.50. The predicted octanol–water partition coefficient (Wildman–Crippen LogP) is 2.73. The maximum absolute atomic E-state index is 13.1. The molecule has 0 spiro atoms. The first-order chi connectivity index (χ1) is 12.9. The Morgan fingerprint density at radius 3 is 2.33 bits per heavy atom. The second-order valence-corrected chi connectivity index (χ2v) is 7.39. The number of fused-ring (bicyclic) bond motifs is 2. The van der Waals surface area contributed by atoms with Crippen molar-refractivity contribution in [3.63, 3.8) is 0 Å². The summed E-state index contributed by atoms with van der Waals surface area (Å²) >= 11 is 0. The van der Waals surface area contributed by atoms with Gasteiger partial charge in [0.25, 0.3) is 5.52 Å². The van der Waals surface area contributed by atoms with Gasteiger partial charge in [-0.3, -0.25) is 0 Å². The van der Waals surface area contributed by atoms with E-state index in [4.69, 9.17) is 0 Å². The van der Waals surface area contributed by atoms with Crippen molar-refractivity contribution in [3.8, 4) is 11.3 Å². The number of hydrogen-bond donors (Lipinski definition) is 0. The molecule has 0 bridgehead atoms. The molecule has 0 unspecified atom stereocenters. The highest BCUT2D eigenvalue weighted by Gasteiger charge is 2.14. The van der Waals surface area contributed by atoms with Gasteiger partial charge in [0.15, 0.2) is 6.33 Å². The van der Waals surface area contributed by atoms with Crippen molar-refractivity contribution in [3.05, 3.63) is 72.9 Å². The van der Waals surface area contributed by atoms with E-state index in [0.717, 1.165) is 27.5 Å². The van der Waals surface area contributed by atoms with Crippen molar-refractivity contribution in [2.24, 2.45) is 0 Å². The van der Waals surface area contributed by atoms with Crippen LogP contribution in [0.1, 0.15) is 6.92 Å². The largest absolute Gasteiger partial charge is 0.748 e. The van der Waals surface area contributed by atoms with Crippen LogP contribution >= 0.6 is 0 Å². The Hall–Kier alpha value is -2.97. The summed E-state index contributed by atoms with van der Waals surface area (Å²) < 4.78 is 43.2. The third-order valence-corrected chi connectivity index (χ3v) is 4.58. The van der Waals surface area contributed by atoms with E-state index in [1.165, 1.54) is 25.4 Å². The van der Waals surface area contributed by atoms with Gasteiger partial charge >= 0.3 is 0 Å². The molecule has 27 heavy (non-hydrogen) atoms. The number of benzene rings is 2. The van der Waals surface area contributed by atoms with Crippen molar-refractivity contribution in [2.75, 3.05) is 5.75 Å². The molecule has 4 rings (SSSR count). The van der Waals surface area contributed by atoms with Crippen LogP contribution < -0.4 is 4.52 Å². The fraction of sp³-hybridized carbons (Fsp3) is 0.105. The number of rotatable bonds is 2. The molecule has 0 radical (unpaired) electrons. The molecule has 0 fully saturated rings. The van der Waals surface area contributed by atoms with Crippen molar-refractivity contribution in [1.29, 1.82) is 0 Å². The summed E-state index contributed by atoms with van der Waals surface area (Å²) in [6, 6.07) is 16.5. The fourth-order valence-electron chi connectivity index (χ4n) is 2.48. The van der Waals surface area contributed by atoms with E-state index in [-0.39, 0.29) is 11.6 Å². The lowest BCUT2D eigenvalue weighted by molar-refractivity contribution is -0.579. The first-order valence-corrected chi connectivity index (χ1v) is 9.70. The first-order valence-electron chi connectivity index (χ1n) is 8.12. The highest BCUT2D eigenvalue weighted by Crippen LogP contribution is 2.22. The van der Waals surface area contributed by atoms with Gasteiger partial charge in [0.2, 0.25) is 6.20 Å². The quantitative estimate of drug-likeness (QED) is 0.301. The molecule has 0 atom stereocenters. The molecule has 0 amide bonds. The SMILES string of the molecule is CCS(=O)(=O)[O-].Fc1ccc(-c2ncn[n+]3cc4ccccc4cc23)cc1. The molecule has 0 aliphatic rings. The van der Waals surface area contributed by atoms with Crippen LogP contribution in [-0.2, 0) is 10.1 Å². The minimum Gasteiger partial charge on any atom is -0.748 e. The lowest BCUT2D eigenvalue weighted by Gasteiger charge is -2.01. The van der Waals surface area contributed by atoms with Gasteiger partial charge in [-0.15, -0.1) is 0 Å². The molecular weight excluding hydrogens is 369 g/mol. The second kappa shape index (κ2) is 7.73. The zero-order valence-corrected chi connectivity index (χ0v) is 15.2. The van der Waals surface area contributed by atoms with E-state index in [1.807, 2.05) is 30.5 Å². The lowest BCUT2D eigenvalue weighted by Crippen LogP contribution is -2.27. The van der Waals surface area contributed by atoms with Crippen molar-refractivity contribution >= 4 is 26.4 Å².